The van der Waals surface area contributed by atoms with Gasteiger partial charge < -0.3 is 72.3 Å². The number of rotatable bonds is 18. The molecule has 96 heavy (non-hydrogen) atoms. The van der Waals surface area contributed by atoms with E-state index in [4.69, 9.17) is 14.2 Å². The summed E-state index contributed by atoms with van der Waals surface area (Å²) in [5.41, 5.74) is 0.0896. The van der Waals surface area contributed by atoms with E-state index in [1.807, 2.05) is 58.0 Å². The lowest BCUT2D eigenvalue weighted by molar-refractivity contribution is -0.143. The average molecular weight is 1340 g/mol. The van der Waals surface area contributed by atoms with E-state index in [0.29, 0.717) is 31.6 Å². The molecule has 3 aliphatic heterocycles. The van der Waals surface area contributed by atoms with E-state index in [-0.39, 0.29) is 95.8 Å². The molecule has 0 spiro atoms. The van der Waals surface area contributed by atoms with Crippen molar-refractivity contribution in [1.82, 2.24) is 63.0 Å². The van der Waals surface area contributed by atoms with Crippen LogP contribution < -0.4 is 53.2 Å². The summed E-state index contributed by atoms with van der Waals surface area (Å²) in [7, 11) is 0. The molecule has 26 nitrogen and oxygen atoms in total. The molecular weight excluding hydrogens is 1230 g/mol. The molecular formula is C70H110N12O14. The summed E-state index contributed by atoms with van der Waals surface area (Å²) < 4.78 is 17.4. The first-order valence-corrected chi connectivity index (χ1v) is 34.2. The van der Waals surface area contributed by atoms with Crippen LogP contribution >= 0.6 is 0 Å². The van der Waals surface area contributed by atoms with Crippen LogP contribution in [0.3, 0.4) is 0 Å². The van der Waals surface area contributed by atoms with Gasteiger partial charge >= 0.3 is 12.2 Å². The maximum Gasteiger partial charge on any atom is 0.407 e. The molecule has 0 aromatic heterocycles. The predicted octanol–water partition coefficient (Wildman–Crippen LogP) is 4.42. The van der Waals surface area contributed by atoms with Crippen molar-refractivity contribution in [3.8, 4) is 0 Å². The largest absolute Gasteiger partial charge is 0.444 e. The number of alkyl carbamates (subject to hydrolysis) is 2. The number of hydrogen-bond acceptors (Lipinski definition) is 15. The number of nitrogens with one attached hydrogen (secondary N) is 10. The van der Waals surface area contributed by atoms with Crippen LogP contribution in [0, 0.1) is 23.7 Å². The van der Waals surface area contributed by atoms with E-state index in [0.717, 1.165) is 5.56 Å². The first kappa shape index (κ1) is 78.8. The second kappa shape index (κ2) is 37.6. The molecule has 0 aliphatic carbocycles. The zero-order chi connectivity index (χ0) is 71.0. The Kier molecular flexibility index (Phi) is 30.9. The molecule has 534 valence electrons. The second-order valence-electron chi connectivity index (χ2n) is 29.1. The van der Waals surface area contributed by atoms with E-state index in [2.05, 4.69) is 58.1 Å². The van der Waals surface area contributed by atoms with Gasteiger partial charge in [-0.2, -0.15) is 0 Å². The monoisotopic (exact) mass is 1340 g/mol. The highest BCUT2D eigenvalue weighted by Gasteiger charge is 2.42. The van der Waals surface area contributed by atoms with Crippen molar-refractivity contribution in [3.05, 3.63) is 71.8 Å². The maximum absolute atomic E-state index is 15.1. The molecule has 0 unspecified atom stereocenters. The Balaban J connectivity index is 1.57. The zero-order valence-corrected chi connectivity index (χ0v) is 59.0. The van der Waals surface area contributed by atoms with Crippen molar-refractivity contribution >= 4 is 65.4 Å². The lowest BCUT2D eigenvalue weighted by Gasteiger charge is -2.38. The summed E-state index contributed by atoms with van der Waals surface area (Å²) in [6, 6.07) is 8.84. The first-order valence-electron chi connectivity index (χ1n) is 34.2. The number of benzene rings is 2. The number of nitrogens with zero attached hydrogens (tertiary/aromatic N) is 2. The van der Waals surface area contributed by atoms with Gasteiger partial charge in [0.25, 0.3) is 0 Å². The fourth-order valence-electron chi connectivity index (χ4n) is 11.8. The molecule has 0 saturated carbocycles. The van der Waals surface area contributed by atoms with Gasteiger partial charge in [0.2, 0.25) is 53.2 Å². The highest BCUT2D eigenvalue weighted by molar-refractivity contribution is 5.98. The van der Waals surface area contributed by atoms with Gasteiger partial charge in [0.1, 0.15) is 59.5 Å². The van der Waals surface area contributed by atoms with Gasteiger partial charge in [0.15, 0.2) is 0 Å². The Morgan fingerprint density at radius 3 is 1.48 bits per heavy atom. The van der Waals surface area contributed by atoms with Crippen LogP contribution in [0.1, 0.15) is 166 Å². The Morgan fingerprint density at radius 2 is 0.990 bits per heavy atom. The zero-order valence-electron chi connectivity index (χ0n) is 59.0. The Morgan fingerprint density at radius 1 is 0.542 bits per heavy atom. The van der Waals surface area contributed by atoms with E-state index >= 15 is 4.79 Å². The maximum atomic E-state index is 15.1. The number of hydrogen-bond donors (Lipinski definition) is 10. The van der Waals surface area contributed by atoms with Crippen molar-refractivity contribution in [2.24, 2.45) is 23.7 Å². The van der Waals surface area contributed by atoms with Crippen LogP contribution in [0.15, 0.2) is 60.7 Å². The third kappa shape index (κ3) is 27.3. The molecule has 2 aromatic rings. The van der Waals surface area contributed by atoms with Gasteiger partial charge in [-0.05, 0) is 128 Å². The smallest absolute Gasteiger partial charge is 0.407 e. The number of morpholine rings is 1. The van der Waals surface area contributed by atoms with Crippen LogP contribution in [0.2, 0.25) is 0 Å². The van der Waals surface area contributed by atoms with Gasteiger partial charge in [-0.25, -0.2) is 9.59 Å². The molecule has 3 saturated heterocycles. The highest BCUT2D eigenvalue weighted by atomic mass is 16.6. The number of fused-ring (bicyclic) bond motifs is 3. The van der Waals surface area contributed by atoms with Crippen LogP contribution in [-0.2, 0) is 70.3 Å². The van der Waals surface area contributed by atoms with Crippen LogP contribution in [-0.4, -0.2) is 186 Å². The van der Waals surface area contributed by atoms with E-state index in [1.165, 1.54) is 4.90 Å². The fraction of sp³-hybridized carbons (Fsp3) is 0.671. The first-order chi connectivity index (χ1) is 45.1. The van der Waals surface area contributed by atoms with Gasteiger partial charge in [-0.15, -0.1) is 0 Å². The predicted molar refractivity (Wildman–Crippen MR) is 362 cm³/mol. The molecule has 10 N–H and O–H groups in total. The Hall–Kier alpha value is -7.87. The van der Waals surface area contributed by atoms with Crippen LogP contribution in [0.25, 0.3) is 0 Å². The number of ether oxygens (including phenoxy) is 3. The molecule has 3 fully saturated rings. The van der Waals surface area contributed by atoms with Gasteiger partial charge in [-0.3, -0.25) is 48.1 Å². The van der Waals surface area contributed by atoms with Crippen LogP contribution in [0.5, 0.6) is 0 Å². The summed E-state index contributed by atoms with van der Waals surface area (Å²) in [5.74, 6) is -7.30. The van der Waals surface area contributed by atoms with E-state index in [1.54, 1.807) is 99.6 Å². The average Bonchev–Trinajstić information content (AvgIpc) is 1.62. The molecule has 11 amide bonds. The number of carbonyl (C=O) groups excluding carboxylic acids is 11. The summed E-state index contributed by atoms with van der Waals surface area (Å²) in [6.45, 7) is 26.0. The SMILES string of the molecule is CC(C)C[C@@H]1NC(=O)[C@H](CCCNC(=O)OC(C)(C)C)NC(=O)[C@H](C(C)C)NC(=O)[C@@H]2CCCN2C(=O)[C@@H](Cc2ccccc2)NC(=O)[C@H](CC(C)C)NC(=O)[C@H](CCCNC(=O)OC(C)(C)C)NC(=O)[C@H](C(C)C)NC(=O)C[C@H]2CN(Cc3ccccc3)C[C@@H](CNC1=O)O2. The molecule has 2 aromatic carbocycles. The summed E-state index contributed by atoms with van der Waals surface area (Å²) in [6.07, 6.45) is -1.88. The number of amides is 11. The van der Waals surface area contributed by atoms with E-state index in [9.17, 15) is 47.9 Å². The molecule has 3 heterocycles. The minimum atomic E-state index is -1.32. The third-order valence-electron chi connectivity index (χ3n) is 16.3. The number of carbonyl (C=O) groups is 11. The topological polar surface area (TPSA) is 342 Å². The highest BCUT2D eigenvalue weighted by Crippen LogP contribution is 2.23. The normalized spacial score (nSPS) is 24.9. The van der Waals surface area contributed by atoms with Crippen molar-refractivity contribution in [3.63, 3.8) is 0 Å². The van der Waals surface area contributed by atoms with E-state index < -0.39 is 149 Å². The molecule has 3 aliphatic rings. The molecule has 0 radical (unpaired) electrons. The fourth-order valence-corrected chi connectivity index (χ4v) is 11.8. The minimum absolute atomic E-state index is 0.0168. The molecule has 5 rings (SSSR count). The summed E-state index contributed by atoms with van der Waals surface area (Å²) in [5, 5.41) is 28.5. The van der Waals surface area contributed by atoms with Gasteiger partial charge in [0, 0.05) is 52.2 Å². The van der Waals surface area contributed by atoms with Crippen molar-refractivity contribution in [2.45, 2.75) is 239 Å². The summed E-state index contributed by atoms with van der Waals surface area (Å²) >= 11 is 0. The summed E-state index contributed by atoms with van der Waals surface area (Å²) in [4.78, 5) is 161. The standard InChI is InChI=1S/C70H110N12O14/c1-42(2)34-52-59(84)73-38-49-41-81(39-47-26-19-16-20-27-47)40-48(94-49)37-56(83)79-57(44(5)6)64(89)74-51(29-22-32-72-68(93)96-70(12,13)14)61(86)77-53(35-43(3)4)62(87)78-54(36-46-24-17-15-18-25-46)66(91)82-33-23-30-55(82)63(88)80-58(45(7)8)65(90)75-50(60(85)76-52)28-21-31-71-67(92)95-69(9,10)11/h15-20,24-27,42-45,48-55,57-58H,21-23,28-41H2,1-14H3,(H,71,92)(H,72,93)(H,73,84)(H,74,89)(H,75,90)(H,76,85)(H,77,86)(H,78,87)(H,79,83)(H,80,88)/t48-,49+,50-,51-,52-,53-,54+,55-,57-,58-/m0/s1. The van der Waals surface area contributed by atoms with Crippen molar-refractivity contribution < 1.29 is 67.0 Å². The minimum Gasteiger partial charge on any atom is -0.444 e. The second-order valence-corrected chi connectivity index (χ2v) is 29.1. The molecule has 2 bridgehead atoms. The third-order valence-corrected chi connectivity index (χ3v) is 16.3. The Bertz CT molecular complexity index is 2920. The van der Waals surface area contributed by atoms with Crippen LogP contribution in [0.4, 0.5) is 9.59 Å². The quantitative estimate of drug-likeness (QED) is 0.0924. The lowest BCUT2D eigenvalue weighted by atomic mass is 9.99. The molecule has 26 heteroatoms. The lowest BCUT2D eigenvalue weighted by Crippen LogP contribution is -2.61. The van der Waals surface area contributed by atoms with Crippen molar-refractivity contribution in [2.75, 3.05) is 39.3 Å². The van der Waals surface area contributed by atoms with Crippen molar-refractivity contribution in [1.29, 1.82) is 0 Å². The molecule has 10 atom stereocenters. The van der Waals surface area contributed by atoms with Gasteiger partial charge in [-0.1, -0.05) is 116 Å². The Labute approximate surface area is 567 Å². The van der Waals surface area contributed by atoms with Gasteiger partial charge in [0.05, 0.1) is 18.6 Å².